The lowest BCUT2D eigenvalue weighted by Crippen LogP contribution is -2.44. The normalized spacial score (nSPS) is 21.3. The van der Waals surface area contributed by atoms with Crippen LogP contribution >= 0.6 is 0 Å². The van der Waals surface area contributed by atoms with Gasteiger partial charge >= 0.3 is 0 Å². The molecule has 7 nitrogen and oxygen atoms in total. The highest BCUT2D eigenvalue weighted by Gasteiger charge is 2.44. The van der Waals surface area contributed by atoms with Crippen molar-refractivity contribution in [2.45, 2.75) is 95.4 Å². The second kappa shape index (κ2) is 12.2. The zero-order valence-corrected chi connectivity index (χ0v) is 26.1. The number of nitrogens with zero attached hydrogens (tertiary/aromatic N) is 3. The molecule has 0 radical (unpaired) electrons. The smallest absolute Gasteiger partial charge is 0.173 e. The number of aromatic hydroxyl groups is 1. The second-order valence-electron chi connectivity index (χ2n) is 12.7. The van der Waals surface area contributed by atoms with E-state index in [1.165, 1.54) is 36.5 Å². The van der Waals surface area contributed by atoms with Gasteiger partial charge in [-0.25, -0.2) is 0 Å². The van der Waals surface area contributed by atoms with E-state index in [0.29, 0.717) is 17.9 Å². The molecule has 2 heterocycles. The molecule has 1 saturated carbocycles. The molecule has 2 aliphatic rings. The van der Waals surface area contributed by atoms with Crippen molar-refractivity contribution in [2.24, 2.45) is 5.92 Å². The lowest BCUT2D eigenvalue weighted by atomic mass is 9.88. The van der Waals surface area contributed by atoms with E-state index in [2.05, 4.69) is 36.4 Å². The zero-order valence-electron chi connectivity index (χ0n) is 24.1. The molecular formula is C30H45N3O4Si2. The van der Waals surface area contributed by atoms with E-state index in [-0.39, 0.29) is 5.75 Å². The first-order valence-electron chi connectivity index (χ1n) is 14.8. The van der Waals surface area contributed by atoms with Crippen molar-refractivity contribution in [1.82, 2.24) is 15.0 Å². The fraction of sp³-hybridized carbons (Fsp3) is 0.600. The first kappa shape index (κ1) is 28.5. The van der Waals surface area contributed by atoms with Crippen LogP contribution in [0.3, 0.4) is 0 Å². The molecule has 3 atom stereocenters. The maximum absolute atomic E-state index is 10.4. The van der Waals surface area contributed by atoms with E-state index >= 15 is 0 Å². The maximum atomic E-state index is 10.4. The summed E-state index contributed by atoms with van der Waals surface area (Å²) in [5, 5.41) is 19.4. The summed E-state index contributed by atoms with van der Waals surface area (Å²) in [6.45, 7) is 11.1. The lowest BCUT2D eigenvalue weighted by molar-refractivity contribution is 0.132. The first-order valence-corrected chi connectivity index (χ1v) is 21.0. The van der Waals surface area contributed by atoms with E-state index in [1.807, 2.05) is 36.4 Å². The van der Waals surface area contributed by atoms with Crippen molar-refractivity contribution in [2.75, 3.05) is 13.2 Å². The van der Waals surface area contributed by atoms with Gasteiger partial charge in [0.25, 0.3) is 0 Å². The summed E-state index contributed by atoms with van der Waals surface area (Å²) in [6.07, 6.45) is 9.27. The summed E-state index contributed by atoms with van der Waals surface area (Å²) in [6, 6.07) is 15.8. The van der Waals surface area contributed by atoms with Crippen LogP contribution in [0.2, 0.25) is 38.3 Å². The van der Waals surface area contributed by atoms with Gasteiger partial charge in [0.2, 0.25) is 0 Å². The standard InChI is InChI=1S/C30H45N3O4Si2/c1-38(2,37-39(3,4)20-16-24-13-15-29-30(22-24)36-29)19-8-18-35-17-7-9-23-12-14-28(34)27(21-23)33-31-25-10-5-6-11-26(25)32-33/h5-6,10-12,14,21,24,29-30,34H,7-9,13,15-20,22H2,1-4H3. The van der Waals surface area contributed by atoms with Crippen LogP contribution in [0.1, 0.15) is 44.1 Å². The van der Waals surface area contributed by atoms with Gasteiger partial charge in [0.05, 0.1) is 12.2 Å². The third-order valence-corrected chi connectivity index (χ3v) is 15.7. The van der Waals surface area contributed by atoms with Crippen LogP contribution in [-0.4, -0.2) is 62.2 Å². The molecule has 9 heteroatoms. The van der Waals surface area contributed by atoms with Gasteiger partial charge in [-0.2, -0.15) is 0 Å². The Hall–Kier alpha value is -2.05. The highest BCUT2D eigenvalue weighted by molar-refractivity contribution is 6.84. The number of epoxide rings is 1. The SMILES string of the molecule is C[Si](C)(CCCOCCCc1ccc(O)c(-n2nc3ccccc3n2)c1)O[Si](C)(C)CCC1CCC2OC2C1. The van der Waals surface area contributed by atoms with Crippen LogP contribution < -0.4 is 0 Å². The Kier molecular flexibility index (Phi) is 8.92. The predicted molar refractivity (Wildman–Crippen MR) is 161 cm³/mol. The van der Waals surface area contributed by atoms with Gasteiger partial charge in [-0.05, 0) is 113 Å². The Morgan fingerprint density at radius 2 is 1.64 bits per heavy atom. The van der Waals surface area contributed by atoms with Crippen molar-refractivity contribution in [3.05, 3.63) is 48.0 Å². The summed E-state index contributed by atoms with van der Waals surface area (Å²) >= 11 is 0. The van der Waals surface area contributed by atoms with Gasteiger partial charge in [-0.3, -0.25) is 0 Å². The molecule has 1 aliphatic carbocycles. The number of hydrogen-bond donors (Lipinski definition) is 1. The molecule has 0 bridgehead atoms. The number of aryl methyl sites for hydroxylation is 1. The summed E-state index contributed by atoms with van der Waals surface area (Å²) in [7, 11) is -3.33. The molecular weight excluding hydrogens is 523 g/mol. The summed E-state index contributed by atoms with van der Waals surface area (Å²) in [4.78, 5) is 1.52. The van der Waals surface area contributed by atoms with Crippen molar-refractivity contribution < 1.29 is 18.7 Å². The van der Waals surface area contributed by atoms with E-state index in [4.69, 9.17) is 13.6 Å². The van der Waals surface area contributed by atoms with E-state index in [9.17, 15) is 5.11 Å². The van der Waals surface area contributed by atoms with Gasteiger partial charge in [0.15, 0.2) is 16.6 Å². The van der Waals surface area contributed by atoms with Gasteiger partial charge < -0.3 is 18.7 Å². The van der Waals surface area contributed by atoms with Crippen LogP contribution in [0.25, 0.3) is 16.7 Å². The topological polar surface area (TPSA) is 81.9 Å². The van der Waals surface area contributed by atoms with Gasteiger partial charge in [-0.15, -0.1) is 15.0 Å². The summed E-state index contributed by atoms with van der Waals surface area (Å²) in [5.41, 5.74) is 3.36. The molecule has 2 aromatic carbocycles. The monoisotopic (exact) mass is 567 g/mol. The number of rotatable bonds is 14. The Labute approximate surface area is 235 Å². The molecule has 1 aromatic heterocycles. The van der Waals surface area contributed by atoms with E-state index in [1.54, 1.807) is 6.07 Å². The van der Waals surface area contributed by atoms with Crippen LogP contribution in [0, 0.1) is 5.92 Å². The Morgan fingerprint density at radius 1 is 0.923 bits per heavy atom. The number of phenols is 1. The number of ether oxygens (including phenoxy) is 2. The summed E-state index contributed by atoms with van der Waals surface area (Å²) in [5.74, 6) is 1.02. The highest BCUT2D eigenvalue weighted by Crippen LogP contribution is 2.41. The molecule has 0 spiro atoms. The third kappa shape index (κ3) is 8.01. The molecule has 3 aromatic rings. The van der Waals surface area contributed by atoms with E-state index in [0.717, 1.165) is 61.0 Å². The Balaban J connectivity index is 0.987. The average Bonchev–Trinajstić information content (AvgIpc) is 3.54. The third-order valence-electron chi connectivity index (χ3n) is 8.18. The van der Waals surface area contributed by atoms with Crippen molar-refractivity contribution >= 4 is 27.7 Å². The maximum Gasteiger partial charge on any atom is 0.173 e. The first-order chi connectivity index (χ1) is 18.7. The van der Waals surface area contributed by atoms with Crippen LogP contribution in [0.4, 0.5) is 0 Å². The molecule has 0 amide bonds. The van der Waals surface area contributed by atoms with Crippen LogP contribution in [0.15, 0.2) is 42.5 Å². The fourth-order valence-corrected chi connectivity index (χ4v) is 15.0. The molecule has 1 saturated heterocycles. The molecule has 1 aliphatic heterocycles. The minimum absolute atomic E-state index is 0.176. The fourth-order valence-electron chi connectivity index (χ4n) is 6.08. The van der Waals surface area contributed by atoms with Crippen molar-refractivity contribution in [3.8, 4) is 11.4 Å². The number of hydrogen-bond acceptors (Lipinski definition) is 6. The quantitative estimate of drug-likeness (QED) is 0.130. The molecule has 212 valence electrons. The summed E-state index contributed by atoms with van der Waals surface area (Å²) < 4.78 is 18.6. The predicted octanol–water partition coefficient (Wildman–Crippen LogP) is 6.85. The average molecular weight is 568 g/mol. The number of fused-ring (bicyclic) bond motifs is 2. The van der Waals surface area contributed by atoms with Gasteiger partial charge in [0.1, 0.15) is 22.5 Å². The van der Waals surface area contributed by atoms with Crippen LogP contribution in [-0.2, 0) is 20.0 Å². The number of phenolic OH excluding ortho intramolecular Hbond substituents is 1. The molecule has 1 N–H and O–H groups in total. The molecule has 3 unspecified atom stereocenters. The zero-order chi connectivity index (χ0) is 27.5. The van der Waals surface area contributed by atoms with Crippen LogP contribution in [0.5, 0.6) is 5.75 Å². The minimum Gasteiger partial charge on any atom is -0.506 e. The van der Waals surface area contributed by atoms with Crippen molar-refractivity contribution in [3.63, 3.8) is 0 Å². The molecule has 5 rings (SSSR count). The van der Waals surface area contributed by atoms with Gasteiger partial charge in [-0.1, -0.05) is 24.6 Å². The molecule has 2 fully saturated rings. The van der Waals surface area contributed by atoms with Crippen molar-refractivity contribution in [1.29, 1.82) is 0 Å². The van der Waals surface area contributed by atoms with Gasteiger partial charge in [0, 0.05) is 13.2 Å². The minimum atomic E-state index is -1.69. The Morgan fingerprint density at radius 3 is 2.38 bits per heavy atom. The lowest BCUT2D eigenvalue weighted by Gasteiger charge is -2.35. The number of aromatic nitrogens is 3. The van der Waals surface area contributed by atoms with E-state index < -0.39 is 16.6 Å². The highest BCUT2D eigenvalue weighted by atomic mass is 28.4. The largest absolute Gasteiger partial charge is 0.506 e. The number of benzene rings is 2. The second-order valence-corrected chi connectivity index (χ2v) is 21.5. The Bertz CT molecular complexity index is 1210. The molecule has 39 heavy (non-hydrogen) atoms.